The number of aryl methyl sites for hydroxylation is 1. The average molecular weight is 356 g/mol. The monoisotopic (exact) mass is 356 g/mol. The SMILES string of the molecule is C=C1CCC(n2c(=O)n(C)c3cc(N4CCC(O)CC4)ccc32)C(=O)N1. The van der Waals surface area contributed by atoms with Crippen molar-refractivity contribution in [1.29, 1.82) is 0 Å². The van der Waals surface area contributed by atoms with Crippen LogP contribution in [0.25, 0.3) is 11.0 Å². The number of rotatable bonds is 2. The van der Waals surface area contributed by atoms with Gasteiger partial charge in [0.25, 0.3) is 0 Å². The molecule has 3 heterocycles. The third kappa shape index (κ3) is 2.72. The first-order valence-corrected chi connectivity index (χ1v) is 9.08. The van der Waals surface area contributed by atoms with E-state index in [1.165, 1.54) is 0 Å². The van der Waals surface area contributed by atoms with Crippen molar-refractivity contribution in [3.05, 3.63) is 41.0 Å². The normalized spacial score (nSPS) is 22.1. The molecule has 1 aromatic heterocycles. The maximum atomic E-state index is 12.8. The summed E-state index contributed by atoms with van der Waals surface area (Å²) in [4.78, 5) is 27.4. The highest BCUT2D eigenvalue weighted by atomic mass is 16.3. The second-order valence-electron chi connectivity index (χ2n) is 7.25. The van der Waals surface area contributed by atoms with Crippen LogP contribution in [0.1, 0.15) is 31.7 Å². The number of aliphatic hydroxyl groups is 1. The number of benzene rings is 1. The van der Waals surface area contributed by atoms with E-state index in [0.29, 0.717) is 18.5 Å². The number of nitrogens with one attached hydrogen (secondary N) is 1. The molecule has 2 N–H and O–H groups in total. The topological polar surface area (TPSA) is 79.5 Å². The van der Waals surface area contributed by atoms with Crippen molar-refractivity contribution in [3.63, 3.8) is 0 Å². The predicted molar refractivity (Wildman–Crippen MR) is 100 cm³/mol. The van der Waals surface area contributed by atoms with Crippen molar-refractivity contribution in [2.45, 2.75) is 37.8 Å². The molecule has 0 radical (unpaired) electrons. The van der Waals surface area contributed by atoms with Crippen LogP contribution in [0.2, 0.25) is 0 Å². The largest absolute Gasteiger partial charge is 0.393 e. The van der Waals surface area contributed by atoms with E-state index in [0.717, 1.165) is 42.7 Å². The Labute approximate surface area is 151 Å². The maximum Gasteiger partial charge on any atom is 0.329 e. The molecule has 4 rings (SSSR count). The number of carbonyl (C=O) groups excluding carboxylic acids is 1. The van der Waals surface area contributed by atoms with Crippen LogP contribution in [0.3, 0.4) is 0 Å². The molecular formula is C19H24N4O3. The molecule has 1 unspecified atom stereocenters. The second kappa shape index (κ2) is 6.32. The van der Waals surface area contributed by atoms with Crippen LogP contribution in [-0.4, -0.2) is 39.3 Å². The van der Waals surface area contributed by atoms with Crippen molar-refractivity contribution in [2.24, 2.45) is 7.05 Å². The number of aliphatic hydroxyl groups excluding tert-OH is 1. The summed E-state index contributed by atoms with van der Waals surface area (Å²) < 4.78 is 3.20. The number of fused-ring (bicyclic) bond motifs is 1. The summed E-state index contributed by atoms with van der Waals surface area (Å²) in [6.45, 7) is 5.40. The van der Waals surface area contributed by atoms with Gasteiger partial charge >= 0.3 is 5.69 Å². The molecule has 0 saturated carbocycles. The van der Waals surface area contributed by atoms with Gasteiger partial charge in [-0.1, -0.05) is 6.58 Å². The van der Waals surface area contributed by atoms with Gasteiger partial charge in [0, 0.05) is 31.5 Å². The third-order valence-electron chi connectivity index (χ3n) is 5.54. The molecule has 1 aromatic carbocycles. The van der Waals surface area contributed by atoms with E-state index in [1.54, 1.807) is 16.2 Å². The van der Waals surface area contributed by atoms with Crippen LogP contribution in [0.5, 0.6) is 0 Å². The number of carbonyl (C=O) groups is 1. The molecule has 138 valence electrons. The first-order valence-electron chi connectivity index (χ1n) is 9.08. The van der Waals surface area contributed by atoms with E-state index in [1.807, 2.05) is 18.2 Å². The summed E-state index contributed by atoms with van der Waals surface area (Å²) >= 11 is 0. The number of hydrogen-bond acceptors (Lipinski definition) is 4. The smallest absolute Gasteiger partial charge is 0.329 e. The minimum atomic E-state index is -0.507. The summed E-state index contributed by atoms with van der Waals surface area (Å²) in [5, 5.41) is 12.5. The summed E-state index contributed by atoms with van der Waals surface area (Å²) in [5.74, 6) is -0.176. The molecule has 26 heavy (non-hydrogen) atoms. The van der Waals surface area contributed by atoms with Gasteiger partial charge in [-0.2, -0.15) is 0 Å². The Hall–Kier alpha value is -2.54. The molecule has 1 atom stereocenters. The zero-order valence-corrected chi connectivity index (χ0v) is 14.9. The van der Waals surface area contributed by atoms with Gasteiger partial charge in [-0.25, -0.2) is 4.79 Å². The molecule has 7 heteroatoms. The van der Waals surface area contributed by atoms with E-state index in [-0.39, 0.29) is 17.7 Å². The number of nitrogens with zero attached hydrogens (tertiary/aromatic N) is 3. The number of hydrogen-bond donors (Lipinski definition) is 2. The summed E-state index contributed by atoms with van der Waals surface area (Å²) in [6, 6.07) is 5.42. The minimum absolute atomic E-state index is 0.176. The van der Waals surface area contributed by atoms with Gasteiger partial charge in [-0.3, -0.25) is 13.9 Å². The number of anilines is 1. The second-order valence-corrected chi connectivity index (χ2v) is 7.25. The van der Waals surface area contributed by atoms with E-state index in [2.05, 4.69) is 16.8 Å². The number of aromatic nitrogens is 2. The van der Waals surface area contributed by atoms with E-state index >= 15 is 0 Å². The van der Waals surface area contributed by atoms with Crippen molar-refractivity contribution >= 4 is 22.6 Å². The van der Waals surface area contributed by atoms with Crippen LogP contribution >= 0.6 is 0 Å². The van der Waals surface area contributed by atoms with Crippen molar-refractivity contribution in [1.82, 2.24) is 14.5 Å². The molecular weight excluding hydrogens is 332 g/mol. The van der Waals surface area contributed by atoms with Gasteiger partial charge in [-0.05, 0) is 43.9 Å². The standard InChI is InChI=1S/C19H24N4O3/c1-12-3-5-16(18(25)20-12)23-15-6-4-13(11-17(15)21(2)19(23)26)22-9-7-14(24)8-10-22/h4,6,11,14,16,24H,1,3,5,7-10H2,2H3,(H,20,25). The van der Waals surface area contributed by atoms with Crippen LogP contribution in [0.4, 0.5) is 5.69 Å². The van der Waals surface area contributed by atoms with Crippen LogP contribution in [-0.2, 0) is 11.8 Å². The fourth-order valence-corrected chi connectivity index (χ4v) is 3.98. The molecule has 2 aliphatic rings. The van der Waals surface area contributed by atoms with E-state index in [9.17, 15) is 14.7 Å². The molecule has 7 nitrogen and oxygen atoms in total. The molecule has 1 amide bonds. The number of imidazole rings is 1. The third-order valence-corrected chi connectivity index (χ3v) is 5.54. The Kier molecular flexibility index (Phi) is 4.11. The summed E-state index contributed by atoms with van der Waals surface area (Å²) in [5.41, 5.74) is 3.15. The maximum absolute atomic E-state index is 12.8. The van der Waals surface area contributed by atoms with Crippen molar-refractivity contribution < 1.29 is 9.90 Å². The highest BCUT2D eigenvalue weighted by Crippen LogP contribution is 2.28. The lowest BCUT2D eigenvalue weighted by Crippen LogP contribution is -2.40. The lowest BCUT2D eigenvalue weighted by atomic mass is 10.0. The summed E-state index contributed by atoms with van der Waals surface area (Å²) in [7, 11) is 1.74. The van der Waals surface area contributed by atoms with Gasteiger partial charge in [0.15, 0.2) is 0 Å². The van der Waals surface area contributed by atoms with Crippen molar-refractivity contribution in [2.75, 3.05) is 18.0 Å². The lowest BCUT2D eigenvalue weighted by Gasteiger charge is -2.31. The number of piperidine rings is 2. The van der Waals surface area contributed by atoms with Crippen LogP contribution < -0.4 is 15.9 Å². The fourth-order valence-electron chi connectivity index (χ4n) is 3.98. The first kappa shape index (κ1) is 16.9. The Morgan fingerprint density at radius 2 is 1.88 bits per heavy atom. The van der Waals surface area contributed by atoms with Crippen LogP contribution in [0, 0.1) is 0 Å². The first-order chi connectivity index (χ1) is 12.5. The molecule has 2 aromatic rings. The van der Waals surface area contributed by atoms with Crippen LogP contribution in [0.15, 0.2) is 35.3 Å². The highest BCUT2D eigenvalue weighted by molar-refractivity contribution is 5.87. The molecule has 2 aliphatic heterocycles. The van der Waals surface area contributed by atoms with E-state index < -0.39 is 6.04 Å². The summed E-state index contributed by atoms with van der Waals surface area (Å²) in [6.07, 6.45) is 2.54. The molecule has 0 aliphatic carbocycles. The zero-order valence-electron chi connectivity index (χ0n) is 14.9. The molecule has 2 fully saturated rings. The van der Waals surface area contributed by atoms with Crippen molar-refractivity contribution in [3.8, 4) is 0 Å². The average Bonchev–Trinajstić information content (AvgIpc) is 2.87. The van der Waals surface area contributed by atoms with Gasteiger partial charge < -0.3 is 15.3 Å². The fraction of sp³-hybridized carbons (Fsp3) is 0.474. The predicted octanol–water partition coefficient (Wildman–Crippen LogP) is 1.27. The molecule has 0 spiro atoms. The molecule has 0 bridgehead atoms. The Morgan fingerprint density at radius 3 is 2.58 bits per heavy atom. The number of allylic oxidation sites excluding steroid dienone is 1. The van der Waals surface area contributed by atoms with Gasteiger partial charge in [0.2, 0.25) is 5.91 Å². The number of amides is 1. The Bertz CT molecular complexity index is 934. The minimum Gasteiger partial charge on any atom is -0.393 e. The Balaban J connectivity index is 1.74. The molecule has 2 saturated heterocycles. The zero-order chi connectivity index (χ0) is 18.4. The van der Waals surface area contributed by atoms with E-state index in [4.69, 9.17) is 0 Å². The lowest BCUT2D eigenvalue weighted by molar-refractivity contribution is -0.124. The van der Waals surface area contributed by atoms with Gasteiger partial charge in [0.1, 0.15) is 6.04 Å². The van der Waals surface area contributed by atoms with Gasteiger partial charge in [0.05, 0.1) is 17.1 Å². The quantitative estimate of drug-likeness (QED) is 0.849. The Morgan fingerprint density at radius 1 is 1.15 bits per heavy atom. The highest BCUT2D eigenvalue weighted by Gasteiger charge is 2.29. The van der Waals surface area contributed by atoms with Gasteiger partial charge in [-0.15, -0.1) is 0 Å².